The van der Waals surface area contributed by atoms with E-state index in [9.17, 15) is 9.90 Å². The van der Waals surface area contributed by atoms with Gasteiger partial charge in [-0.3, -0.25) is 0 Å². The summed E-state index contributed by atoms with van der Waals surface area (Å²) in [7, 11) is 0. The molecule has 4 heteroatoms. The number of carbonyl (C=O) groups is 1. The summed E-state index contributed by atoms with van der Waals surface area (Å²) >= 11 is 0. The van der Waals surface area contributed by atoms with Gasteiger partial charge in [-0.1, -0.05) is 30.3 Å². The molecule has 24 heavy (non-hydrogen) atoms. The maximum atomic E-state index is 11.6. The molecule has 0 fully saturated rings. The number of aryl methyl sites for hydroxylation is 1. The van der Waals surface area contributed by atoms with Crippen LogP contribution in [0.5, 0.6) is 5.75 Å². The molecule has 0 aliphatic rings. The molecule has 0 saturated heterocycles. The van der Waals surface area contributed by atoms with Gasteiger partial charge < -0.3 is 15.2 Å². The summed E-state index contributed by atoms with van der Waals surface area (Å²) in [4.78, 5) is 11.6. The summed E-state index contributed by atoms with van der Waals surface area (Å²) in [6.45, 7) is 7.93. The highest BCUT2D eigenvalue weighted by Gasteiger charge is 2.19. The van der Waals surface area contributed by atoms with Crippen LogP contribution in [0.15, 0.2) is 48.5 Å². The summed E-state index contributed by atoms with van der Waals surface area (Å²) < 4.78 is 5.84. The number of ether oxygens (including phenoxy) is 1. The first-order valence-electron chi connectivity index (χ1n) is 8.07. The van der Waals surface area contributed by atoms with Gasteiger partial charge in [-0.05, 0) is 57.0 Å². The lowest BCUT2D eigenvalue weighted by Crippen LogP contribution is -2.31. The molecule has 0 aliphatic heterocycles. The molecule has 1 unspecified atom stereocenters. The zero-order valence-corrected chi connectivity index (χ0v) is 14.7. The number of carboxylic acid groups (broad SMARTS) is 1. The smallest absolute Gasteiger partial charge is 0.326 e. The van der Waals surface area contributed by atoms with E-state index in [1.54, 1.807) is 0 Å². The highest BCUT2D eigenvalue weighted by molar-refractivity contribution is 5.78. The molecule has 0 amide bonds. The van der Waals surface area contributed by atoms with Crippen molar-refractivity contribution in [2.24, 2.45) is 0 Å². The third kappa shape index (κ3) is 5.30. The first-order valence-corrected chi connectivity index (χ1v) is 8.07. The number of carboxylic acids is 1. The van der Waals surface area contributed by atoms with Crippen LogP contribution in [-0.4, -0.2) is 22.7 Å². The third-order valence-electron chi connectivity index (χ3n) is 3.53. The Labute approximate surface area is 143 Å². The second-order valence-electron chi connectivity index (χ2n) is 6.92. The third-order valence-corrected chi connectivity index (χ3v) is 3.53. The molecule has 0 aliphatic carbocycles. The van der Waals surface area contributed by atoms with Crippen molar-refractivity contribution in [2.45, 2.75) is 45.8 Å². The number of nitrogens with one attached hydrogen (secondary N) is 1. The van der Waals surface area contributed by atoms with E-state index >= 15 is 0 Å². The van der Waals surface area contributed by atoms with Crippen molar-refractivity contribution in [3.8, 4) is 5.75 Å². The van der Waals surface area contributed by atoms with E-state index in [0.717, 1.165) is 22.6 Å². The van der Waals surface area contributed by atoms with Crippen LogP contribution in [0, 0.1) is 6.92 Å². The molecule has 0 bridgehead atoms. The number of anilines is 1. The zero-order chi connectivity index (χ0) is 17.7. The molecule has 0 radical (unpaired) electrons. The van der Waals surface area contributed by atoms with Crippen molar-refractivity contribution in [3.63, 3.8) is 0 Å². The van der Waals surface area contributed by atoms with Gasteiger partial charge in [0.05, 0.1) is 0 Å². The molecular weight excluding hydrogens is 302 g/mol. The van der Waals surface area contributed by atoms with Crippen molar-refractivity contribution in [2.75, 3.05) is 5.32 Å². The average Bonchev–Trinajstić information content (AvgIpc) is 2.48. The Morgan fingerprint density at radius 1 is 1.17 bits per heavy atom. The van der Waals surface area contributed by atoms with Crippen LogP contribution in [0.1, 0.15) is 31.9 Å². The van der Waals surface area contributed by atoms with Crippen LogP contribution < -0.4 is 10.1 Å². The van der Waals surface area contributed by atoms with Crippen molar-refractivity contribution in [1.82, 2.24) is 0 Å². The summed E-state index contributed by atoms with van der Waals surface area (Å²) in [6, 6.07) is 14.6. The Hall–Kier alpha value is -2.49. The molecule has 2 aromatic rings. The van der Waals surface area contributed by atoms with Crippen LogP contribution in [0.3, 0.4) is 0 Å². The molecule has 1 atom stereocenters. The predicted molar refractivity (Wildman–Crippen MR) is 96.8 cm³/mol. The van der Waals surface area contributed by atoms with Gasteiger partial charge >= 0.3 is 5.97 Å². The summed E-state index contributed by atoms with van der Waals surface area (Å²) in [5.41, 5.74) is 2.48. The van der Waals surface area contributed by atoms with Gasteiger partial charge in [0.15, 0.2) is 0 Å². The summed E-state index contributed by atoms with van der Waals surface area (Å²) in [5, 5.41) is 12.6. The normalized spacial score (nSPS) is 12.5. The molecule has 0 aromatic heterocycles. The van der Waals surface area contributed by atoms with Crippen molar-refractivity contribution < 1.29 is 14.6 Å². The maximum absolute atomic E-state index is 11.6. The number of benzene rings is 2. The van der Waals surface area contributed by atoms with Crippen LogP contribution >= 0.6 is 0 Å². The second-order valence-corrected chi connectivity index (χ2v) is 6.92. The average molecular weight is 327 g/mol. The predicted octanol–water partition coefficient (Wildman–Crippen LogP) is 4.28. The van der Waals surface area contributed by atoms with E-state index in [1.165, 1.54) is 0 Å². The zero-order valence-electron chi connectivity index (χ0n) is 14.7. The quantitative estimate of drug-likeness (QED) is 0.831. The van der Waals surface area contributed by atoms with Gasteiger partial charge in [-0.15, -0.1) is 0 Å². The van der Waals surface area contributed by atoms with Gasteiger partial charge in [0.25, 0.3) is 0 Å². The van der Waals surface area contributed by atoms with Crippen molar-refractivity contribution in [1.29, 1.82) is 0 Å². The summed E-state index contributed by atoms with van der Waals surface area (Å²) in [6.07, 6.45) is 0.426. The number of hydrogen-bond acceptors (Lipinski definition) is 3. The fourth-order valence-corrected chi connectivity index (χ4v) is 2.45. The topological polar surface area (TPSA) is 58.6 Å². The van der Waals surface area contributed by atoms with Crippen molar-refractivity contribution in [3.05, 3.63) is 59.7 Å². The Morgan fingerprint density at radius 3 is 2.38 bits per heavy atom. The van der Waals surface area contributed by atoms with Crippen LogP contribution in [0.4, 0.5) is 5.69 Å². The van der Waals surface area contributed by atoms with Gasteiger partial charge in [0.2, 0.25) is 0 Å². The molecule has 2 aromatic carbocycles. The second kappa shape index (κ2) is 7.39. The molecule has 2 N–H and O–H groups in total. The Bertz CT molecular complexity index is 690. The Balaban J connectivity index is 2.13. The van der Waals surface area contributed by atoms with Crippen LogP contribution in [0.25, 0.3) is 0 Å². The molecule has 0 heterocycles. The van der Waals surface area contributed by atoms with Gasteiger partial charge in [0.1, 0.15) is 17.4 Å². The molecule has 2 rings (SSSR count). The fourth-order valence-electron chi connectivity index (χ4n) is 2.45. The SMILES string of the molecule is Cc1cc(OC(C)(C)C)ccc1NC(Cc1ccccc1)C(=O)O. The number of hydrogen-bond donors (Lipinski definition) is 2. The lowest BCUT2D eigenvalue weighted by molar-refractivity contribution is -0.137. The van der Waals surface area contributed by atoms with Crippen LogP contribution in [-0.2, 0) is 11.2 Å². The first kappa shape index (κ1) is 17.9. The Morgan fingerprint density at radius 2 is 1.83 bits per heavy atom. The minimum atomic E-state index is -0.867. The largest absolute Gasteiger partial charge is 0.488 e. The van der Waals surface area contributed by atoms with Gasteiger partial charge in [0, 0.05) is 12.1 Å². The molecule has 4 nitrogen and oxygen atoms in total. The minimum absolute atomic E-state index is 0.266. The highest BCUT2D eigenvalue weighted by Crippen LogP contribution is 2.25. The van der Waals surface area contributed by atoms with E-state index in [0.29, 0.717) is 6.42 Å². The Kier molecular flexibility index (Phi) is 5.50. The molecule has 0 saturated carbocycles. The lowest BCUT2D eigenvalue weighted by atomic mass is 10.0. The molecular formula is C20H25NO3. The number of aliphatic carboxylic acids is 1. The summed E-state index contributed by atoms with van der Waals surface area (Å²) in [5.74, 6) is -0.0891. The monoisotopic (exact) mass is 327 g/mol. The van der Waals surface area contributed by atoms with E-state index < -0.39 is 12.0 Å². The highest BCUT2D eigenvalue weighted by atomic mass is 16.5. The molecule has 128 valence electrons. The van der Waals surface area contributed by atoms with Crippen LogP contribution in [0.2, 0.25) is 0 Å². The number of rotatable bonds is 6. The van der Waals surface area contributed by atoms with Gasteiger partial charge in [-0.2, -0.15) is 0 Å². The lowest BCUT2D eigenvalue weighted by Gasteiger charge is -2.23. The maximum Gasteiger partial charge on any atom is 0.326 e. The van der Waals surface area contributed by atoms with Crippen molar-refractivity contribution >= 4 is 11.7 Å². The van der Waals surface area contributed by atoms with E-state index in [1.807, 2.05) is 76.2 Å². The first-order chi connectivity index (χ1) is 11.2. The van der Waals surface area contributed by atoms with E-state index in [4.69, 9.17) is 4.74 Å². The standard InChI is InChI=1S/C20H25NO3/c1-14-12-16(24-20(2,3)4)10-11-17(14)21-18(19(22)23)13-15-8-6-5-7-9-15/h5-12,18,21H,13H2,1-4H3,(H,22,23). The molecule has 0 spiro atoms. The minimum Gasteiger partial charge on any atom is -0.488 e. The van der Waals surface area contributed by atoms with E-state index in [-0.39, 0.29) is 5.60 Å². The van der Waals surface area contributed by atoms with E-state index in [2.05, 4.69) is 5.32 Å². The fraction of sp³-hybridized carbons (Fsp3) is 0.350. The van der Waals surface area contributed by atoms with Gasteiger partial charge in [-0.25, -0.2) is 4.79 Å².